The minimum absolute atomic E-state index is 0.0255. The van der Waals surface area contributed by atoms with E-state index in [4.69, 9.17) is 30.9 Å². The minimum Gasteiger partial charge on any atom is -0.495 e. The number of hydrogen-bond acceptors (Lipinski definition) is 5. The van der Waals surface area contributed by atoms with Crippen LogP contribution in [0.3, 0.4) is 0 Å². The first-order valence-electron chi connectivity index (χ1n) is 5.57. The molecule has 0 aliphatic carbocycles. The first kappa shape index (κ1) is 14.9. The van der Waals surface area contributed by atoms with E-state index in [1.165, 1.54) is 0 Å². The molecule has 0 atom stereocenters. The molecule has 1 aromatic carbocycles. The predicted octanol–water partition coefficient (Wildman–Crippen LogP) is 1.78. The maximum absolute atomic E-state index is 8.56. The molecule has 5 nitrogen and oxygen atoms in total. The van der Waals surface area contributed by atoms with Gasteiger partial charge in [0, 0.05) is 12.6 Å². The summed E-state index contributed by atoms with van der Waals surface area (Å²) in [6, 6.07) is 3.46. The molecule has 18 heavy (non-hydrogen) atoms. The molecule has 0 heterocycles. The SMILES string of the molecule is COc1cc(OC)c(NCCOCCO)cc1Cl. The van der Waals surface area contributed by atoms with Crippen LogP contribution in [-0.4, -0.2) is 45.7 Å². The lowest BCUT2D eigenvalue weighted by atomic mass is 10.2. The molecule has 102 valence electrons. The van der Waals surface area contributed by atoms with Gasteiger partial charge in [0.15, 0.2) is 0 Å². The lowest BCUT2D eigenvalue weighted by molar-refractivity contribution is 0.0992. The Labute approximate surface area is 112 Å². The van der Waals surface area contributed by atoms with Gasteiger partial charge in [-0.25, -0.2) is 0 Å². The molecule has 0 bridgehead atoms. The number of aliphatic hydroxyl groups excluding tert-OH is 1. The average Bonchev–Trinajstić information content (AvgIpc) is 2.38. The standard InChI is InChI=1S/C12H18ClNO4/c1-16-11-8-12(17-2)10(7-9(11)13)14-3-5-18-6-4-15/h7-8,14-15H,3-6H2,1-2H3. The topological polar surface area (TPSA) is 60.0 Å². The second-order valence-corrected chi connectivity index (χ2v) is 3.86. The highest BCUT2D eigenvalue weighted by Gasteiger charge is 2.09. The molecule has 0 amide bonds. The molecule has 2 N–H and O–H groups in total. The van der Waals surface area contributed by atoms with E-state index in [0.29, 0.717) is 36.3 Å². The summed E-state index contributed by atoms with van der Waals surface area (Å²) in [6.07, 6.45) is 0. The second-order valence-electron chi connectivity index (χ2n) is 3.45. The highest BCUT2D eigenvalue weighted by Crippen LogP contribution is 2.35. The van der Waals surface area contributed by atoms with Gasteiger partial charge in [0.2, 0.25) is 0 Å². The van der Waals surface area contributed by atoms with Crippen molar-refractivity contribution in [2.75, 3.05) is 45.9 Å². The molecule has 0 aromatic heterocycles. The summed E-state index contributed by atoms with van der Waals surface area (Å²) in [5.41, 5.74) is 0.774. The van der Waals surface area contributed by atoms with Gasteiger partial charge in [-0.05, 0) is 6.07 Å². The third kappa shape index (κ3) is 4.25. The van der Waals surface area contributed by atoms with Crippen molar-refractivity contribution in [2.45, 2.75) is 0 Å². The fourth-order valence-corrected chi connectivity index (χ4v) is 1.66. The van der Waals surface area contributed by atoms with Gasteiger partial charge >= 0.3 is 0 Å². The van der Waals surface area contributed by atoms with Crippen LogP contribution in [0.25, 0.3) is 0 Å². The van der Waals surface area contributed by atoms with Gasteiger partial charge in [-0.3, -0.25) is 0 Å². The summed E-state index contributed by atoms with van der Waals surface area (Å²) in [5.74, 6) is 1.22. The van der Waals surface area contributed by atoms with Crippen molar-refractivity contribution < 1.29 is 19.3 Å². The van der Waals surface area contributed by atoms with Crippen molar-refractivity contribution in [1.29, 1.82) is 0 Å². The van der Waals surface area contributed by atoms with E-state index < -0.39 is 0 Å². The number of nitrogens with one attached hydrogen (secondary N) is 1. The fraction of sp³-hybridized carbons (Fsp3) is 0.500. The lowest BCUT2D eigenvalue weighted by Gasteiger charge is -2.13. The van der Waals surface area contributed by atoms with Gasteiger partial charge in [-0.1, -0.05) is 11.6 Å². The van der Waals surface area contributed by atoms with Crippen LogP contribution in [0.1, 0.15) is 0 Å². The zero-order valence-electron chi connectivity index (χ0n) is 10.5. The molecule has 0 radical (unpaired) electrons. The van der Waals surface area contributed by atoms with Crippen molar-refractivity contribution >= 4 is 17.3 Å². The minimum atomic E-state index is 0.0255. The number of aliphatic hydroxyl groups is 1. The summed E-state index contributed by atoms with van der Waals surface area (Å²) in [6.45, 7) is 1.45. The van der Waals surface area contributed by atoms with E-state index in [-0.39, 0.29) is 6.61 Å². The molecule has 0 unspecified atom stereocenters. The summed E-state index contributed by atoms with van der Waals surface area (Å²) in [5, 5.41) is 12.2. The Morgan fingerprint density at radius 1 is 1.17 bits per heavy atom. The Balaban J connectivity index is 2.61. The number of benzene rings is 1. The highest BCUT2D eigenvalue weighted by atomic mass is 35.5. The van der Waals surface area contributed by atoms with Crippen LogP contribution < -0.4 is 14.8 Å². The lowest BCUT2D eigenvalue weighted by Crippen LogP contribution is -2.12. The number of ether oxygens (including phenoxy) is 3. The molecule has 0 fully saturated rings. The summed E-state index contributed by atoms with van der Waals surface area (Å²) < 4.78 is 15.5. The summed E-state index contributed by atoms with van der Waals surface area (Å²) in [4.78, 5) is 0. The third-order valence-electron chi connectivity index (χ3n) is 2.27. The Bertz CT molecular complexity index is 373. The van der Waals surface area contributed by atoms with Gasteiger partial charge in [-0.2, -0.15) is 0 Å². The van der Waals surface area contributed by atoms with Gasteiger partial charge in [0.25, 0.3) is 0 Å². The van der Waals surface area contributed by atoms with Crippen molar-refractivity contribution in [2.24, 2.45) is 0 Å². The maximum atomic E-state index is 8.56. The zero-order chi connectivity index (χ0) is 13.4. The number of rotatable bonds is 8. The van der Waals surface area contributed by atoms with Crippen LogP contribution in [-0.2, 0) is 4.74 Å². The van der Waals surface area contributed by atoms with E-state index in [2.05, 4.69) is 5.32 Å². The fourth-order valence-electron chi connectivity index (χ4n) is 1.42. The number of anilines is 1. The normalized spacial score (nSPS) is 10.2. The van der Waals surface area contributed by atoms with Gasteiger partial charge in [0.1, 0.15) is 11.5 Å². The predicted molar refractivity (Wildman–Crippen MR) is 71.0 cm³/mol. The molecule has 6 heteroatoms. The average molecular weight is 276 g/mol. The molecule has 0 saturated carbocycles. The van der Waals surface area contributed by atoms with Gasteiger partial charge < -0.3 is 24.6 Å². The van der Waals surface area contributed by atoms with Crippen molar-refractivity contribution in [3.63, 3.8) is 0 Å². The molecule has 0 aliphatic heterocycles. The monoisotopic (exact) mass is 275 g/mol. The van der Waals surface area contributed by atoms with Crippen molar-refractivity contribution in [1.82, 2.24) is 0 Å². The van der Waals surface area contributed by atoms with E-state index in [1.807, 2.05) is 0 Å². The van der Waals surface area contributed by atoms with Crippen LogP contribution >= 0.6 is 11.6 Å². The van der Waals surface area contributed by atoms with Crippen LogP contribution in [0.2, 0.25) is 5.02 Å². The summed E-state index contributed by atoms with van der Waals surface area (Å²) >= 11 is 6.04. The molecule has 0 spiro atoms. The Morgan fingerprint density at radius 2 is 1.89 bits per heavy atom. The van der Waals surface area contributed by atoms with Gasteiger partial charge in [0.05, 0.1) is 44.8 Å². The Morgan fingerprint density at radius 3 is 2.50 bits per heavy atom. The third-order valence-corrected chi connectivity index (χ3v) is 2.57. The Kier molecular flexibility index (Phi) is 6.64. The molecule has 1 aromatic rings. The zero-order valence-corrected chi connectivity index (χ0v) is 11.3. The largest absolute Gasteiger partial charge is 0.495 e. The quantitative estimate of drug-likeness (QED) is 0.708. The molecule has 0 aliphatic rings. The van der Waals surface area contributed by atoms with E-state index in [0.717, 1.165) is 5.69 Å². The number of hydrogen-bond donors (Lipinski definition) is 2. The molecular weight excluding hydrogens is 258 g/mol. The second kappa shape index (κ2) is 8.02. The smallest absolute Gasteiger partial charge is 0.145 e. The number of halogens is 1. The van der Waals surface area contributed by atoms with Crippen LogP contribution in [0.15, 0.2) is 12.1 Å². The van der Waals surface area contributed by atoms with Crippen molar-refractivity contribution in [3.8, 4) is 11.5 Å². The highest BCUT2D eigenvalue weighted by molar-refractivity contribution is 6.32. The molecular formula is C12H18ClNO4. The van der Waals surface area contributed by atoms with Gasteiger partial charge in [-0.15, -0.1) is 0 Å². The molecule has 0 saturated heterocycles. The van der Waals surface area contributed by atoms with Crippen LogP contribution in [0.4, 0.5) is 5.69 Å². The number of methoxy groups -OCH3 is 2. The summed E-state index contributed by atoms with van der Waals surface area (Å²) in [7, 11) is 3.13. The first-order valence-corrected chi connectivity index (χ1v) is 5.94. The first-order chi connectivity index (χ1) is 8.72. The van der Waals surface area contributed by atoms with E-state index in [1.54, 1.807) is 26.4 Å². The van der Waals surface area contributed by atoms with Crippen LogP contribution in [0.5, 0.6) is 11.5 Å². The Hall–Kier alpha value is -1.17. The van der Waals surface area contributed by atoms with Crippen LogP contribution in [0, 0.1) is 0 Å². The van der Waals surface area contributed by atoms with E-state index >= 15 is 0 Å². The maximum Gasteiger partial charge on any atom is 0.145 e. The van der Waals surface area contributed by atoms with Crippen molar-refractivity contribution in [3.05, 3.63) is 17.2 Å². The van der Waals surface area contributed by atoms with E-state index in [9.17, 15) is 0 Å². The molecule has 1 rings (SSSR count).